The Kier molecular flexibility index (Phi) is 22.5. The smallest absolute Gasteiger partial charge is 0.309 e. The van der Waals surface area contributed by atoms with Crippen LogP contribution in [0, 0.1) is 17.8 Å². The van der Waals surface area contributed by atoms with Gasteiger partial charge in [0.05, 0.1) is 36.9 Å². The van der Waals surface area contributed by atoms with Gasteiger partial charge in [0.1, 0.15) is 36.8 Å². The van der Waals surface area contributed by atoms with E-state index in [0.717, 1.165) is 11.8 Å². The second-order valence-electron chi connectivity index (χ2n) is 19.5. The molecule has 0 aliphatic carbocycles. The minimum atomic E-state index is -1.37. The molecule has 16 atom stereocenters. The summed E-state index contributed by atoms with van der Waals surface area (Å²) in [5.41, 5.74) is -0.209. The van der Waals surface area contributed by atoms with Crippen LogP contribution in [0.5, 0.6) is 0 Å². The highest BCUT2D eigenvalue weighted by molar-refractivity contribution is 5.73. The topological polar surface area (TPSA) is 212 Å². The molecule has 390 valence electrons. The van der Waals surface area contributed by atoms with E-state index in [2.05, 4.69) is 17.0 Å². The molecule has 0 spiro atoms. The molecule has 3 heterocycles. The number of ether oxygens (including phenoxy) is 9. The lowest BCUT2D eigenvalue weighted by Gasteiger charge is -2.53. The van der Waals surface area contributed by atoms with Crippen LogP contribution in [-0.2, 0) is 77.8 Å². The van der Waals surface area contributed by atoms with Gasteiger partial charge in [-0.2, -0.15) is 0 Å². The van der Waals surface area contributed by atoms with E-state index in [1.165, 1.54) is 21.0 Å². The molecule has 0 aromatic heterocycles. The average molecular weight is 977 g/mol. The molecule has 0 saturated carbocycles. The van der Waals surface area contributed by atoms with Gasteiger partial charge in [-0.1, -0.05) is 51.1 Å². The summed E-state index contributed by atoms with van der Waals surface area (Å²) in [6.07, 6.45) is -8.65. The normalized spacial score (nSPS) is 35.4. The van der Waals surface area contributed by atoms with Crippen molar-refractivity contribution in [1.29, 1.82) is 0 Å². The number of carbonyl (C=O) groups is 6. The van der Waals surface area contributed by atoms with E-state index in [4.69, 9.17) is 42.6 Å². The minimum absolute atomic E-state index is 0.0117. The summed E-state index contributed by atoms with van der Waals surface area (Å²) < 4.78 is 55.8. The summed E-state index contributed by atoms with van der Waals surface area (Å²) >= 11 is 0. The summed E-state index contributed by atoms with van der Waals surface area (Å²) in [7, 11) is 4.97. The molecule has 18 nitrogen and oxygen atoms in total. The SMILES string of the molecule is CCC(=O)O[C@@H]1CC(=O)O[C@H](C)CCN(CCc2ccccc2)C[C@H](OC(C)=O)[C@H](C)C[C@H](CC=O)[C@H]([C@@H]2O[C@H](C)[C@@H](O[C@H]3C[C@@](C)(OC(C)=O)[C@@H](OC(=O)CC)[C@H](C)O3)[C@H](N(C)C)[C@H]2O)[C@@H]1OC. The molecule has 0 radical (unpaired) electrons. The Hall–Kier alpha value is -4.04. The Bertz CT molecular complexity index is 1820. The Morgan fingerprint density at radius 2 is 1.58 bits per heavy atom. The van der Waals surface area contributed by atoms with Gasteiger partial charge in [-0.05, 0) is 78.5 Å². The lowest BCUT2D eigenvalue weighted by atomic mass is 9.71. The molecule has 3 fully saturated rings. The summed E-state index contributed by atoms with van der Waals surface area (Å²) in [6.45, 7) is 16.3. The second kappa shape index (κ2) is 27.0. The van der Waals surface area contributed by atoms with Gasteiger partial charge in [-0.15, -0.1) is 0 Å². The maximum absolute atomic E-state index is 13.9. The summed E-state index contributed by atoms with van der Waals surface area (Å²) in [5, 5.41) is 12.8. The number of aliphatic hydroxyl groups excluding tert-OH is 1. The van der Waals surface area contributed by atoms with Gasteiger partial charge in [-0.3, -0.25) is 28.9 Å². The predicted octanol–water partition coefficient (Wildman–Crippen LogP) is 4.61. The lowest BCUT2D eigenvalue weighted by molar-refractivity contribution is -0.319. The molecule has 3 aliphatic rings. The third kappa shape index (κ3) is 16.2. The number of nitrogens with zero attached hydrogens (tertiary/aromatic N) is 2. The molecule has 69 heavy (non-hydrogen) atoms. The van der Waals surface area contributed by atoms with Gasteiger partial charge in [0.25, 0.3) is 0 Å². The predicted molar refractivity (Wildman–Crippen MR) is 251 cm³/mol. The highest BCUT2D eigenvalue weighted by Crippen LogP contribution is 2.43. The van der Waals surface area contributed by atoms with Crippen LogP contribution in [0.3, 0.4) is 0 Å². The number of hydrogen-bond donors (Lipinski definition) is 1. The Morgan fingerprint density at radius 1 is 0.913 bits per heavy atom. The van der Waals surface area contributed by atoms with E-state index in [1.54, 1.807) is 60.5 Å². The fraction of sp³-hybridized carbons (Fsp3) is 0.765. The van der Waals surface area contributed by atoms with Gasteiger partial charge in [0.2, 0.25) is 0 Å². The van der Waals surface area contributed by atoms with Crippen LogP contribution in [0.4, 0.5) is 0 Å². The molecule has 0 amide bonds. The number of likely N-dealkylation sites (N-methyl/N-ethyl adjacent to an activating group) is 1. The largest absolute Gasteiger partial charge is 0.463 e. The van der Waals surface area contributed by atoms with Crippen molar-refractivity contribution in [2.24, 2.45) is 17.8 Å². The number of carbonyl (C=O) groups excluding carboxylic acids is 6. The van der Waals surface area contributed by atoms with Crippen LogP contribution >= 0.6 is 0 Å². The van der Waals surface area contributed by atoms with Crippen LogP contribution in [-0.4, -0.2) is 171 Å². The maximum Gasteiger partial charge on any atom is 0.309 e. The highest BCUT2D eigenvalue weighted by atomic mass is 16.7. The third-order valence-corrected chi connectivity index (χ3v) is 13.7. The zero-order valence-electron chi connectivity index (χ0n) is 42.9. The van der Waals surface area contributed by atoms with Crippen molar-refractivity contribution in [3.8, 4) is 0 Å². The number of hydrogen-bond acceptors (Lipinski definition) is 18. The molecule has 1 aromatic rings. The molecule has 3 aliphatic heterocycles. The van der Waals surface area contributed by atoms with Gasteiger partial charge < -0.3 is 57.4 Å². The van der Waals surface area contributed by atoms with Crippen LogP contribution in [0.1, 0.15) is 113 Å². The number of rotatable bonds is 16. The van der Waals surface area contributed by atoms with Gasteiger partial charge >= 0.3 is 29.8 Å². The molecular weight excluding hydrogens is 897 g/mol. The highest BCUT2D eigenvalue weighted by Gasteiger charge is 2.56. The molecule has 1 N–H and O–H groups in total. The lowest BCUT2D eigenvalue weighted by Crippen LogP contribution is -2.67. The van der Waals surface area contributed by atoms with Crippen LogP contribution in [0.25, 0.3) is 0 Å². The molecule has 3 saturated heterocycles. The van der Waals surface area contributed by atoms with Crippen LogP contribution < -0.4 is 0 Å². The fourth-order valence-electron chi connectivity index (χ4n) is 10.4. The van der Waals surface area contributed by atoms with Crippen molar-refractivity contribution in [2.75, 3.05) is 40.8 Å². The molecule has 0 bridgehead atoms. The Balaban J connectivity index is 1.80. The number of aldehydes is 1. The van der Waals surface area contributed by atoms with E-state index in [0.29, 0.717) is 32.5 Å². The second-order valence-corrected chi connectivity index (χ2v) is 19.5. The number of benzene rings is 1. The number of aliphatic hydroxyl groups is 1. The first-order valence-corrected chi connectivity index (χ1v) is 24.6. The van der Waals surface area contributed by atoms with Crippen molar-refractivity contribution in [3.63, 3.8) is 0 Å². The van der Waals surface area contributed by atoms with Gasteiger partial charge in [-0.25, -0.2) is 0 Å². The van der Waals surface area contributed by atoms with Crippen molar-refractivity contribution in [2.45, 2.75) is 193 Å². The van der Waals surface area contributed by atoms with Crippen LogP contribution in [0.15, 0.2) is 30.3 Å². The Morgan fingerprint density at radius 3 is 2.17 bits per heavy atom. The van der Waals surface area contributed by atoms with E-state index < -0.39 is 127 Å². The Labute approximate surface area is 408 Å². The fourth-order valence-corrected chi connectivity index (χ4v) is 10.4. The molecule has 0 unspecified atom stereocenters. The average Bonchev–Trinajstić information content (AvgIpc) is 3.27. The summed E-state index contributed by atoms with van der Waals surface area (Å²) in [5.74, 6) is -4.75. The number of methoxy groups -OCH3 is 1. The zero-order valence-corrected chi connectivity index (χ0v) is 42.9. The van der Waals surface area contributed by atoms with E-state index >= 15 is 0 Å². The molecular formula is C51H80N2O16. The summed E-state index contributed by atoms with van der Waals surface area (Å²) in [4.78, 5) is 81.8. The first kappa shape index (κ1) is 57.5. The van der Waals surface area contributed by atoms with E-state index in [-0.39, 0.29) is 38.0 Å². The monoisotopic (exact) mass is 977 g/mol. The first-order valence-electron chi connectivity index (χ1n) is 24.6. The van der Waals surface area contributed by atoms with Crippen molar-refractivity contribution in [1.82, 2.24) is 9.80 Å². The number of cyclic esters (lactones) is 1. The minimum Gasteiger partial charge on any atom is -0.463 e. The maximum atomic E-state index is 13.9. The van der Waals surface area contributed by atoms with Crippen molar-refractivity contribution in [3.05, 3.63) is 35.9 Å². The van der Waals surface area contributed by atoms with E-state index in [1.807, 2.05) is 25.1 Å². The molecule has 1 aromatic carbocycles. The zero-order chi connectivity index (χ0) is 51.2. The van der Waals surface area contributed by atoms with Gasteiger partial charge in [0, 0.05) is 72.2 Å². The van der Waals surface area contributed by atoms with Crippen LogP contribution in [0.2, 0.25) is 0 Å². The van der Waals surface area contributed by atoms with Gasteiger partial charge in [0.15, 0.2) is 18.0 Å². The molecule has 4 rings (SSSR count). The first-order chi connectivity index (χ1) is 32.6. The molecule has 18 heteroatoms. The van der Waals surface area contributed by atoms with Crippen molar-refractivity contribution >= 4 is 36.1 Å². The van der Waals surface area contributed by atoms with Crippen molar-refractivity contribution < 1.29 is 76.5 Å². The number of esters is 5. The quantitative estimate of drug-likeness (QED) is 0.136. The third-order valence-electron chi connectivity index (χ3n) is 13.7. The summed E-state index contributed by atoms with van der Waals surface area (Å²) in [6, 6.07) is 9.20. The standard InChI is InChI=1S/C51H80N2O16/c1-13-40(57)66-38-27-42(59)62-31(4)20-23-53(24-21-36-18-16-15-17-19-36)29-39(65-34(7)55)30(3)26-37(22-25-54)44(48(38)61-12)49-46(60)45(52(10)11)47(32(5)64-49)68-43-28-51(9,69-35(8)56)50(33(6)63-43)67-41(58)14-2/h15-19,25,30-33,37-39,43-50,60H,13-14,20-24,26-29H2,1-12H3/t30-,31-,32-,33+,37+,38-,39+,43+,44+,45-,46-,47-,48-,49+,50+,51-/m1/s1. The van der Waals surface area contributed by atoms with E-state index in [9.17, 15) is 33.9 Å².